The highest BCUT2D eigenvalue weighted by Gasteiger charge is 2.19. The monoisotopic (exact) mass is 353 g/mol. The largest absolute Gasteiger partial charge is 0.389 e. The van der Waals surface area contributed by atoms with E-state index in [0.717, 1.165) is 36.0 Å². The number of hydrogen-bond donors (Lipinski definition) is 2. The van der Waals surface area contributed by atoms with Crippen molar-refractivity contribution < 1.29 is 10.2 Å². The van der Waals surface area contributed by atoms with Crippen LogP contribution in [-0.4, -0.2) is 35.2 Å². The molecule has 0 spiro atoms. The molecule has 2 aliphatic rings. The van der Waals surface area contributed by atoms with E-state index < -0.39 is 12.2 Å². The van der Waals surface area contributed by atoms with Gasteiger partial charge in [-0.05, 0) is 61.8 Å². The average Bonchev–Trinajstić information content (AvgIpc) is 2.64. The second kappa shape index (κ2) is 10.2. The van der Waals surface area contributed by atoms with Crippen molar-refractivity contribution in [3.05, 3.63) is 70.4 Å². The first-order chi connectivity index (χ1) is 12.6. The predicted molar refractivity (Wildman–Crippen MR) is 110 cm³/mol. The van der Waals surface area contributed by atoms with E-state index in [-0.39, 0.29) is 0 Å². The van der Waals surface area contributed by atoms with Gasteiger partial charge in [0.05, 0.1) is 18.8 Å². The standard InChI is InChI=1S/C23H31NO2/c1-4-9-18-13-14-23(26)22(20(18)5-2)16-24-15-8-11-19-10-6-7-12-21(19)17(3)25/h4,6,8-11,13,16-17,23,25-26H,5,7,12,14-15H2,1-3H3. The van der Waals surface area contributed by atoms with Crippen molar-refractivity contribution in [2.24, 2.45) is 4.99 Å². The number of aliphatic imine (C=N–C) groups is 1. The molecule has 0 fully saturated rings. The van der Waals surface area contributed by atoms with Crippen LogP contribution in [0.3, 0.4) is 0 Å². The minimum atomic E-state index is -0.475. The number of rotatable bonds is 7. The van der Waals surface area contributed by atoms with E-state index >= 15 is 0 Å². The van der Waals surface area contributed by atoms with Gasteiger partial charge >= 0.3 is 0 Å². The highest BCUT2D eigenvalue weighted by Crippen LogP contribution is 2.28. The maximum absolute atomic E-state index is 10.3. The van der Waals surface area contributed by atoms with Gasteiger partial charge in [0.2, 0.25) is 0 Å². The summed E-state index contributed by atoms with van der Waals surface area (Å²) in [4.78, 5) is 4.50. The maximum atomic E-state index is 10.3. The predicted octanol–water partition coefficient (Wildman–Crippen LogP) is 4.61. The second-order valence-electron chi connectivity index (χ2n) is 6.69. The normalized spacial score (nSPS) is 23.0. The molecule has 0 aliphatic heterocycles. The van der Waals surface area contributed by atoms with Crippen LogP contribution in [0.15, 0.2) is 75.4 Å². The molecule has 140 valence electrons. The number of hydrogen-bond acceptors (Lipinski definition) is 3. The van der Waals surface area contributed by atoms with E-state index in [9.17, 15) is 10.2 Å². The molecule has 3 nitrogen and oxygen atoms in total. The lowest BCUT2D eigenvalue weighted by atomic mass is 9.87. The van der Waals surface area contributed by atoms with E-state index in [1.807, 2.05) is 38.3 Å². The van der Waals surface area contributed by atoms with Gasteiger partial charge in [0.1, 0.15) is 0 Å². The zero-order valence-corrected chi connectivity index (χ0v) is 16.2. The van der Waals surface area contributed by atoms with Crippen LogP contribution in [0.2, 0.25) is 0 Å². The average molecular weight is 354 g/mol. The van der Waals surface area contributed by atoms with Crippen molar-refractivity contribution in [3.8, 4) is 0 Å². The van der Waals surface area contributed by atoms with Crippen LogP contribution in [-0.2, 0) is 0 Å². The Kier molecular flexibility index (Phi) is 8.02. The Morgan fingerprint density at radius 3 is 2.85 bits per heavy atom. The van der Waals surface area contributed by atoms with Crippen molar-refractivity contribution >= 4 is 6.21 Å². The summed E-state index contributed by atoms with van der Waals surface area (Å²) in [6.45, 7) is 6.49. The van der Waals surface area contributed by atoms with Gasteiger partial charge in [0, 0.05) is 11.8 Å². The molecular weight excluding hydrogens is 322 g/mol. The molecule has 0 aromatic carbocycles. The van der Waals surface area contributed by atoms with E-state index in [4.69, 9.17) is 0 Å². The molecule has 2 N–H and O–H groups in total. The first kappa shape index (κ1) is 20.3. The Morgan fingerprint density at radius 2 is 2.15 bits per heavy atom. The van der Waals surface area contributed by atoms with Crippen LogP contribution in [0.1, 0.15) is 46.5 Å². The van der Waals surface area contributed by atoms with Gasteiger partial charge in [-0.2, -0.15) is 0 Å². The van der Waals surface area contributed by atoms with Crippen LogP contribution in [0.5, 0.6) is 0 Å². The molecule has 2 aliphatic carbocycles. The van der Waals surface area contributed by atoms with Crippen molar-refractivity contribution in [3.63, 3.8) is 0 Å². The fourth-order valence-corrected chi connectivity index (χ4v) is 3.48. The topological polar surface area (TPSA) is 52.8 Å². The molecule has 0 aromatic heterocycles. The van der Waals surface area contributed by atoms with Crippen molar-refractivity contribution in [1.29, 1.82) is 0 Å². The van der Waals surface area contributed by atoms with Gasteiger partial charge in [-0.15, -0.1) is 0 Å². The zero-order chi connectivity index (χ0) is 18.9. The Labute approximate surface area is 157 Å². The fraction of sp³-hybridized carbons (Fsp3) is 0.435. The highest BCUT2D eigenvalue weighted by atomic mass is 16.3. The SMILES string of the molecule is CC=CC1=CCC(O)C(C=NCC=CC2=C(C(C)O)CCC=C2)=C1CC. The third-order valence-electron chi connectivity index (χ3n) is 4.81. The molecule has 2 atom stereocenters. The third-order valence-corrected chi connectivity index (χ3v) is 4.81. The minimum absolute atomic E-state index is 0.408. The Morgan fingerprint density at radius 1 is 1.35 bits per heavy atom. The van der Waals surface area contributed by atoms with Crippen molar-refractivity contribution in [2.45, 2.75) is 58.7 Å². The molecule has 0 radical (unpaired) electrons. The molecule has 0 saturated carbocycles. The number of aliphatic hydroxyl groups is 2. The summed E-state index contributed by atoms with van der Waals surface area (Å²) in [6, 6.07) is 0. The first-order valence-electron chi connectivity index (χ1n) is 9.56. The van der Waals surface area contributed by atoms with Gasteiger partial charge in [0.25, 0.3) is 0 Å². The summed E-state index contributed by atoms with van der Waals surface area (Å²) in [5.74, 6) is 0. The van der Waals surface area contributed by atoms with Gasteiger partial charge < -0.3 is 10.2 Å². The summed E-state index contributed by atoms with van der Waals surface area (Å²) in [6.07, 6.45) is 18.8. The lowest BCUT2D eigenvalue weighted by molar-refractivity contribution is 0.218. The Bertz CT molecular complexity index is 700. The molecule has 2 unspecified atom stereocenters. The zero-order valence-electron chi connectivity index (χ0n) is 16.2. The van der Waals surface area contributed by atoms with E-state index in [1.165, 1.54) is 11.1 Å². The first-order valence-corrected chi connectivity index (χ1v) is 9.56. The molecule has 0 heterocycles. The van der Waals surface area contributed by atoms with Gasteiger partial charge in [-0.25, -0.2) is 0 Å². The second-order valence-corrected chi connectivity index (χ2v) is 6.69. The molecule has 2 rings (SSSR count). The molecule has 0 saturated heterocycles. The lowest BCUT2D eigenvalue weighted by Crippen LogP contribution is -2.17. The van der Waals surface area contributed by atoms with Crippen LogP contribution in [0.4, 0.5) is 0 Å². The summed E-state index contributed by atoms with van der Waals surface area (Å²) < 4.78 is 0. The highest BCUT2D eigenvalue weighted by molar-refractivity contribution is 5.83. The van der Waals surface area contributed by atoms with E-state index in [1.54, 1.807) is 0 Å². The summed E-state index contributed by atoms with van der Waals surface area (Å²) in [5.41, 5.74) is 5.47. The third kappa shape index (κ3) is 5.26. The minimum Gasteiger partial charge on any atom is -0.389 e. The summed E-state index contributed by atoms with van der Waals surface area (Å²) >= 11 is 0. The maximum Gasteiger partial charge on any atom is 0.0842 e. The van der Waals surface area contributed by atoms with Gasteiger partial charge in [0.15, 0.2) is 0 Å². The van der Waals surface area contributed by atoms with Crippen LogP contribution >= 0.6 is 0 Å². The molecule has 0 amide bonds. The van der Waals surface area contributed by atoms with E-state index in [0.29, 0.717) is 13.0 Å². The van der Waals surface area contributed by atoms with Crippen molar-refractivity contribution in [1.82, 2.24) is 0 Å². The number of aliphatic hydroxyl groups excluding tert-OH is 2. The molecular formula is C23H31NO2. The lowest BCUT2D eigenvalue weighted by Gasteiger charge is -2.21. The molecule has 3 heteroatoms. The summed E-state index contributed by atoms with van der Waals surface area (Å²) in [5, 5.41) is 20.2. The van der Waals surface area contributed by atoms with E-state index in [2.05, 4.69) is 36.2 Å². The van der Waals surface area contributed by atoms with Crippen LogP contribution in [0.25, 0.3) is 0 Å². The van der Waals surface area contributed by atoms with Crippen LogP contribution in [0, 0.1) is 0 Å². The van der Waals surface area contributed by atoms with Crippen LogP contribution < -0.4 is 0 Å². The van der Waals surface area contributed by atoms with Gasteiger partial charge in [-0.3, -0.25) is 4.99 Å². The fourth-order valence-electron chi connectivity index (χ4n) is 3.48. The quantitative estimate of drug-likeness (QED) is 0.657. The summed E-state index contributed by atoms with van der Waals surface area (Å²) in [7, 11) is 0. The molecule has 0 aromatic rings. The Balaban J connectivity index is 2.09. The number of nitrogens with zero attached hydrogens (tertiary/aromatic N) is 1. The van der Waals surface area contributed by atoms with Gasteiger partial charge in [-0.1, -0.05) is 49.5 Å². The Hall–Kier alpha value is -1.97. The molecule has 0 bridgehead atoms. The van der Waals surface area contributed by atoms with Crippen molar-refractivity contribution in [2.75, 3.05) is 6.54 Å². The smallest absolute Gasteiger partial charge is 0.0842 e. The molecule has 26 heavy (non-hydrogen) atoms. The number of allylic oxidation sites excluding steroid dienone is 8.